The average molecular weight is 246 g/mol. The smallest absolute Gasteiger partial charge is 0.410 e. The first-order valence-electron chi connectivity index (χ1n) is 5.89. The Morgan fingerprint density at radius 2 is 2.06 bits per heavy atom. The predicted octanol–water partition coefficient (Wildman–Crippen LogP) is 0.463. The number of carbonyl (C=O) groups excluding carboxylic acids is 1. The SMILES string of the molecule is CC(C)(C)OC(=O)N1CCON(CCO)CC1. The maximum absolute atomic E-state index is 11.8. The lowest BCUT2D eigenvalue weighted by molar-refractivity contribution is -0.152. The molecule has 1 amide bonds. The molecule has 0 radical (unpaired) electrons. The lowest BCUT2D eigenvalue weighted by Gasteiger charge is -2.25. The summed E-state index contributed by atoms with van der Waals surface area (Å²) in [5.74, 6) is 0. The van der Waals surface area contributed by atoms with Gasteiger partial charge in [0.2, 0.25) is 0 Å². The molecule has 1 rings (SSSR count). The van der Waals surface area contributed by atoms with Crippen LogP contribution in [0.4, 0.5) is 4.79 Å². The van der Waals surface area contributed by atoms with Crippen LogP contribution in [-0.2, 0) is 9.57 Å². The third kappa shape index (κ3) is 5.34. The number of hydroxylamine groups is 2. The monoisotopic (exact) mass is 246 g/mol. The molecule has 0 bridgehead atoms. The van der Waals surface area contributed by atoms with Gasteiger partial charge in [0.25, 0.3) is 0 Å². The highest BCUT2D eigenvalue weighted by molar-refractivity contribution is 5.68. The van der Waals surface area contributed by atoms with Gasteiger partial charge in [-0.2, -0.15) is 5.06 Å². The number of amides is 1. The largest absolute Gasteiger partial charge is 0.444 e. The first-order valence-corrected chi connectivity index (χ1v) is 5.89. The lowest BCUT2D eigenvalue weighted by atomic mass is 10.2. The Hall–Kier alpha value is -0.850. The molecule has 0 aromatic rings. The van der Waals surface area contributed by atoms with Crippen LogP contribution in [0.2, 0.25) is 0 Å². The van der Waals surface area contributed by atoms with Gasteiger partial charge in [-0.25, -0.2) is 4.79 Å². The molecule has 0 unspecified atom stereocenters. The molecule has 0 aliphatic carbocycles. The van der Waals surface area contributed by atoms with E-state index in [2.05, 4.69) is 0 Å². The molecule has 1 saturated heterocycles. The van der Waals surface area contributed by atoms with E-state index in [4.69, 9.17) is 14.7 Å². The van der Waals surface area contributed by atoms with Crippen LogP contribution in [0.5, 0.6) is 0 Å². The molecule has 1 N–H and O–H groups in total. The van der Waals surface area contributed by atoms with Gasteiger partial charge in [0, 0.05) is 26.2 Å². The van der Waals surface area contributed by atoms with E-state index in [-0.39, 0.29) is 12.7 Å². The number of hydrogen-bond acceptors (Lipinski definition) is 5. The molecule has 1 heterocycles. The third-order valence-electron chi connectivity index (χ3n) is 2.26. The Kier molecular flexibility index (Phi) is 5.17. The summed E-state index contributed by atoms with van der Waals surface area (Å²) < 4.78 is 5.29. The molecule has 1 aliphatic rings. The molecule has 1 aliphatic heterocycles. The second-order valence-electron chi connectivity index (χ2n) is 4.95. The van der Waals surface area contributed by atoms with E-state index in [0.717, 1.165) is 0 Å². The summed E-state index contributed by atoms with van der Waals surface area (Å²) in [6, 6.07) is 0. The fraction of sp³-hybridized carbons (Fsp3) is 0.909. The van der Waals surface area contributed by atoms with Gasteiger partial charge in [0.1, 0.15) is 5.60 Å². The van der Waals surface area contributed by atoms with E-state index >= 15 is 0 Å². The molecule has 0 aromatic heterocycles. The van der Waals surface area contributed by atoms with Crippen molar-refractivity contribution >= 4 is 6.09 Å². The van der Waals surface area contributed by atoms with Crippen molar-refractivity contribution in [1.82, 2.24) is 9.96 Å². The van der Waals surface area contributed by atoms with Gasteiger partial charge in [0.05, 0.1) is 13.2 Å². The number of nitrogens with zero attached hydrogens (tertiary/aromatic N) is 2. The molecule has 0 aromatic carbocycles. The number of aliphatic hydroxyl groups excluding tert-OH is 1. The summed E-state index contributed by atoms with van der Waals surface area (Å²) >= 11 is 0. The fourth-order valence-corrected chi connectivity index (χ4v) is 1.49. The lowest BCUT2D eigenvalue weighted by Crippen LogP contribution is -2.39. The van der Waals surface area contributed by atoms with Crippen LogP contribution in [0.1, 0.15) is 20.8 Å². The highest BCUT2D eigenvalue weighted by atomic mass is 16.7. The molecule has 6 heteroatoms. The van der Waals surface area contributed by atoms with Crippen molar-refractivity contribution in [2.75, 3.05) is 39.4 Å². The van der Waals surface area contributed by atoms with Crippen LogP contribution in [0.15, 0.2) is 0 Å². The first kappa shape index (κ1) is 14.2. The first-order chi connectivity index (χ1) is 7.92. The van der Waals surface area contributed by atoms with E-state index in [0.29, 0.717) is 32.8 Å². The second-order valence-corrected chi connectivity index (χ2v) is 4.95. The zero-order valence-corrected chi connectivity index (χ0v) is 10.8. The number of rotatable bonds is 2. The van der Waals surface area contributed by atoms with Crippen molar-refractivity contribution in [2.24, 2.45) is 0 Å². The summed E-state index contributed by atoms with van der Waals surface area (Å²) in [7, 11) is 0. The van der Waals surface area contributed by atoms with Crippen molar-refractivity contribution in [2.45, 2.75) is 26.4 Å². The van der Waals surface area contributed by atoms with Crippen LogP contribution in [-0.4, -0.2) is 66.2 Å². The molecule has 100 valence electrons. The van der Waals surface area contributed by atoms with E-state index < -0.39 is 5.60 Å². The molecular formula is C11H22N2O4. The van der Waals surface area contributed by atoms with Gasteiger partial charge in [-0.1, -0.05) is 0 Å². The number of β-amino-alcohol motifs (C(OH)–C–C–N with tert-alkyl or cyclic N) is 1. The zero-order valence-electron chi connectivity index (χ0n) is 10.8. The molecule has 0 atom stereocenters. The molecular weight excluding hydrogens is 224 g/mol. The minimum atomic E-state index is -0.477. The van der Waals surface area contributed by atoms with Gasteiger partial charge < -0.3 is 14.7 Å². The van der Waals surface area contributed by atoms with E-state index in [1.807, 2.05) is 20.8 Å². The van der Waals surface area contributed by atoms with Crippen molar-refractivity contribution in [3.63, 3.8) is 0 Å². The molecule has 0 spiro atoms. The van der Waals surface area contributed by atoms with Gasteiger partial charge in [-0.15, -0.1) is 0 Å². The van der Waals surface area contributed by atoms with Crippen LogP contribution in [0.25, 0.3) is 0 Å². The predicted molar refractivity (Wildman–Crippen MR) is 62.4 cm³/mol. The Balaban J connectivity index is 2.43. The molecule has 17 heavy (non-hydrogen) atoms. The highest BCUT2D eigenvalue weighted by Crippen LogP contribution is 2.11. The van der Waals surface area contributed by atoms with Crippen molar-refractivity contribution in [1.29, 1.82) is 0 Å². The average Bonchev–Trinajstić information content (AvgIpc) is 2.41. The minimum absolute atomic E-state index is 0.0481. The van der Waals surface area contributed by atoms with E-state index in [1.54, 1.807) is 9.96 Å². The standard InChI is InChI=1S/C11H22N2O4/c1-11(2,3)17-10(15)12-4-5-13(6-8-14)16-9-7-12/h14H,4-9H2,1-3H3. The third-order valence-corrected chi connectivity index (χ3v) is 2.26. The van der Waals surface area contributed by atoms with Crippen molar-refractivity contribution in [3.05, 3.63) is 0 Å². The van der Waals surface area contributed by atoms with E-state index in [1.165, 1.54) is 0 Å². The normalized spacial score (nSPS) is 18.9. The Morgan fingerprint density at radius 3 is 2.65 bits per heavy atom. The second kappa shape index (κ2) is 6.18. The number of aliphatic hydroxyl groups is 1. The van der Waals surface area contributed by atoms with Crippen molar-refractivity contribution < 1.29 is 19.5 Å². The van der Waals surface area contributed by atoms with Crippen LogP contribution >= 0.6 is 0 Å². The highest BCUT2D eigenvalue weighted by Gasteiger charge is 2.24. The Morgan fingerprint density at radius 1 is 1.35 bits per heavy atom. The van der Waals surface area contributed by atoms with Crippen LogP contribution in [0.3, 0.4) is 0 Å². The summed E-state index contributed by atoms with van der Waals surface area (Å²) in [5.41, 5.74) is -0.477. The summed E-state index contributed by atoms with van der Waals surface area (Å²) in [6.45, 7) is 8.12. The summed E-state index contributed by atoms with van der Waals surface area (Å²) in [5, 5.41) is 10.5. The maximum atomic E-state index is 11.8. The Bertz CT molecular complexity index is 252. The summed E-state index contributed by atoms with van der Waals surface area (Å²) in [6.07, 6.45) is -0.313. The van der Waals surface area contributed by atoms with E-state index in [9.17, 15) is 4.79 Å². The zero-order chi connectivity index (χ0) is 12.9. The Labute approximate surface area is 102 Å². The number of hydrogen-bond donors (Lipinski definition) is 1. The molecule has 1 fully saturated rings. The summed E-state index contributed by atoms with van der Waals surface area (Å²) in [4.78, 5) is 18.8. The van der Waals surface area contributed by atoms with Crippen molar-refractivity contribution in [3.8, 4) is 0 Å². The van der Waals surface area contributed by atoms with Gasteiger partial charge in [-0.3, -0.25) is 4.84 Å². The fourth-order valence-electron chi connectivity index (χ4n) is 1.49. The maximum Gasteiger partial charge on any atom is 0.410 e. The van der Waals surface area contributed by atoms with Crippen LogP contribution < -0.4 is 0 Å². The minimum Gasteiger partial charge on any atom is -0.444 e. The number of carbonyl (C=O) groups is 1. The van der Waals surface area contributed by atoms with Crippen LogP contribution in [0, 0.1) is 0 Å². The molecule has 0 saturated carbocycles. The molecule has 6 nitrogen and oxygen atoms in total. The van der Waals surface area contributed by atoms with Gasteiger partial charge >= 0.3 is 6.09 Å². The van der Waals surface area contributed by atoms with Gasteiger partial charge in [0.15, 0.2) is 0 Å². The quantitative estimate of drug-likeness (QED) is 0.767. The topological polar surface area (TPSA) is 62.2 Å². The number of ether oxygens (including phenoxy) is 1. The van der Waals surface area contributed by atoms with Gasteiger partial charge in [-0.05, 0) is 20.8 Å².